The van der Waals surface area contributed by atoms with Crippen molar-refractivity contribution in [1.82, 2.24) is 47.9 Å². The zero-order chi connectivity index (χ0) is 93.3. The highest BCUT2D eigenvalue weighted by atomic mass is 19.1. The summed E-state index contributed by atoms with van der Waals surface area (Å²) >= 11 is 0. The van der Waals surface area contributed by atoms with E-state index in [1.165, 1.54) is 26.0 Å². The van der Waals surface area contributed by atoms with Crippen LogP contribution in [0.25, 0.3) is 0 Å². The fraction of sp³-hybridized carbons (Fsp3) is 0.755. The summed E-state index contributed by atoms with van der Waals surface area (Å²) in [5.41, 5.74) is 1.91. The molecule has 1 aromatic carbocycles. The maximum absolute atomic E-state index is 18.1. The molecule has 0 spiro atoms. The molecule has 1 aromatic rings. The molecule has 17 atom stereocenters. The minimum absolute atomic E-state index is 0.00354. The third-order valence-electron chi connectivity index (χ3n) is 26.6. The predicted molar refractivity (Wildman–Crippen MR) is 475 cm³/mol. The van der Waals surface area contributed by atoms with E-state index in [1.807, 2.05) is 11.9 Å². The van der Waals surface area contributed by atoms with Gasteiger partial charge in [0.25, 0.3) is 0 Å². The SMILES string of the molecule is CCCC1O[C@@H]2C[C@H]3[C@@H]4C[C@H](F)C5=CC(=O)C=C[C@]5(C)[C@@]4(F)[C@@H](O)C[C@]3(C)[C@]2(C(=O)COc2ccc(NC(=O)[C@H](C)NC(=O)[C@@H](NC(=O)[C@@H](CCCCCNC(=O)COC3CCCCCC4=C3NNN4CCOCCOCCOCCOCCC(=O)NCC[N+](C)(C)C)NC(=O)CCOCCOCCOCCOCCNC(=O)OC[C@@H]3[C@@H]4CCC#CCC[C@@H]43)C(C)C)cc2)O1. The number of ether oxygens (including phenoxy) is 13. The highest BCUT2D eigenvalue weighted by molar-refractivity contribution is 6.02. The second kappa shape index (κ2) is 51.6. The van der Waals surface area contributed by atoms with Gasteiger partial charge >= 0.3 is 6.09 Å². The molecule has 728 valence electrons. The number of carbonyl (C=O) groups is 9. The van der Waals surface area contributed by atoms with Crippen LogP contribution in [0.2, 0.25) is 0 Å². The summed E-state index contributed by atoms with van der Waals surface area (Å²) in [4.78, 5) is 121. The number of benzene rings is 1. The van der Waals surface area contributed by atoms with Crippen LogP contribution >= 0.6 is 0 Å². The van der Waals surface area contributed by atoms with E-state index < -0.39 is 131 Å². The molecule has 130 heavy (non-hydrogen) atoms. The predicted octanol–water partition coefficient (Wildman–Crippen LogP) is 6.38. The standard InChI is InChI=1S/C94H145F2N11O23/c1-10-21-84-129-80-58-71-72-57-74(95)73-56-66(108)31-34-91(73,5)93(72,96)78(109)59-92(71,6)94(80,130-84)79(110)61-126-67-29-27-65(28-30-67)101-87(114)64(4)100-89(116)85(63(2)3)103-88(115)75(102-82(112)33-41-119-45-49-123-52-54-124-50-46-120-42-37-99-90(117)128-60-70-68-22-15-11-12-16-23-69(68)70)24-17-14-20-35-97-83(113)62-127-77-26-19-13-18-25-76-86(77)104-105-106(76)38-43-121-47-51-125-55-53-122-48-44-118-40-32-81(111)98-36-39-107(7,8)9/h27-31,34,56,63-64,68-72,74-75,77-78,80,84-85,104-105,109H,10,13-26,32-33,35-55,57-62H2,1-9H3,(H6-,97,98,99,100,101,102,103,111,112,113,114,115,116,117)/p+1/t64-,68-,69+,70-,71-,72-,74-,75+,77?,78-,80+,84?,85-,91-,92-,93-,94+/m0/s1. The summed E-state index contributed by atoms with van der Waals surface area (Å²) < 4.78 is 111. The average molecular weight is 1840 g/mol. The Balaban J connectivity index is 0.639. The second-order valence-electron chi connectivity index (χ2n) is 37.2. The number of allylic oxidation sites excluding steroid dienone is 5. The van der Waals surface area contributed by atoms with Crippen molar-refractivity contribution in [2.75, 3.05) is 185 Å². The van der Waals surface area contributed by atoms with Gasteiger partial charge in [0.05, 0.1) is 177 Å². The van der Waals surface area contributed by atoms with Crippen molar-refractivity contribution in [3.8, 4) is 17.6 Å². The number of halogens is 2. The number of alkyl halides is 2. The van der Waals surface area contributed by atoms with Crippen LogP contribution in [-0.4, -0.2) is 307 Å². The maximum Gasteiger partial charge on any atom is 0.407 e. The number of ketones is 2. The number of unbranched alkanes of at least 4 members (excludes halogenated alkanes) is 2. The number of amides is 7. The number of aliphatic hydroxyl groups is 1. The molecule has 10 rings (SSSR count). The Kier molecular flexibility index (Phi) is 41.3. The van der Waals surface area contributed by atoms with Crippen molar-refractivity contribution in [1.29, 1.82) is 0 Å². The highest BCUT2D eigenvalue weighted by Crippen LogP contribution is 2.72. The number of rotatable bonds is 58. The minimum Gasteiger partial charge on any atom is -0.486 e. The van der Waals surface area contributed by atoms with Crippen molar-refractivity contribution >= 4 is 58.8 Å². The van der Waals surface area contributed by atoms with Crippen LogP contribution in [0.15, 0.2) is 59.5 Å². The van der Waals surface area contributed by atoms with Gasteiger partial charge in [0.1, 0.15) is 49.4 Å². The fourth-order valence-corrected chi connectivity index (χ4v) is 19.4. The number of nitrogens with one attached hydrogen (secondary N) is 9. The van der Waals surface area contributed by atoms with Crippen LogP contribution in [0.4, 0.5) is 19.3 Å². The topological polar surface area (TPSA) is 405 Å². The number of likely N-dealkylation sites (N-methyl/N-ethyl adjacent to an activating group) is 1. The first kappa shape index (κ1) is 104. The number of alkyl carbamates (subject to hydrolysis) is 1. The number of carbonyl (C=O) groups excluding carboxylic acids is 9. The van der Waals surface area contributed by atoms with Gasteiger partial charge in [-0.05, 0) is 156 Å². The molecule has 9 aliphatic rings. The lowest BCUT2D eigenvalue weighted by Gasteiger charge is -2.63. The second-order valence-corrected chi connectivity index (χ2v) is 37.2. The molecular weight excluding hydrogens is 1690 g/mol. The Bertz CT molecular complexity index is 4000. The van der Waals surface area contributed by atoms with Crippen LogP contribution < -0.4 is 52.9 Å². The van der Waals surface area contributed by atoms with E-state index in [0.29, 0.717) is 174 Å². The lowest BCUT2D eigenvalue weighted by atomic mass is 9.44. The number of Topliss-reactive ketones (excluding diaryl/α,β-unsaturated/α-hetero) is 1. The zero-order valence-corrected chi connectivity index (χ0v) is 77.8. The van der Waals surface area contributed by atoms with Gasteiger partial charge in [0.2, 0.25) is 41.2 Å². The Labute approximate surface area is 764 Å². The molecule has 2 unspecified atom stereocenters. The van der Waals surface area contributed by atoms with Gasteiger partial charge in [-0.2, -0.15) is 0 Å². The molecule has 0 radical (unpaired) electrons. The van der Waals surface area contributed by atoms with Gasteiger partial charge in [-0.25, -0.2) is 13.6 Å². The van der Waals surface area contributed by atoms with E-state index in [1.54, 1.807) is 45.0 Å². The van der Waals surface area contributed by atoms with E-state index in [4.69, 9.17) is 61.6 Å². The molecule has 10 N–H and O–H groups in total. The Hall–Kier alpha value is -7.87. The van der Waals surface area contributed by atoms with Gasteiger partial charge < -0.3 is 114 Å². The van der Waals surface area contributed by atoms with Gasteiger partial charge in [-0.3, -0.25) is 43.4 Å². The number of quaternary nitrogens is 1. The Morgan fingerprint density at radius 1 is 0.685 bits per heavy atom. The molecule has 0 aromatic heterocycles. The van der Waals surface area contributed by atoms with Crippen LogP contribution in [-0.2, 0) is 95.2 Å². The molecule has 34 nitrogen and oxygen atoms in total. The molecule has 5 fully saturated rings. The van der Waals surface area contributed by atoms with Gasteiger partial charge in [0, 0.05) is 61.2 Å². The summed E-state index contributed by atoms with van der Waals surface area (Å²) in [5, 5.41) is 33.9. The summed E-state index contributed by atoms with van der Waals surface area (Å²) in [5.74, 6) is 2.41. The number of nitrogens with zero attached hydrogens (tertiary/aromatic N) is 2. The normalized spacial score (nSPS) is 27.2. The summed E-state index contributed by atoms with van der Waals surface area (Å²) in [6.45, 7) is 17.8. The molecule has 2 aliphatic heterocycles. The maximum atomic E-state index is 18.1. The van der Waals surface area contributed by atoms with Crippen LogP contribution in [0.1, 0.15) is 170 Å². The van der Waals surface area contributed by atoms with E-state index >= 15 is 8.78 Å². The largest absolute Gasteiger partial charge is 0.486 e. The quantitative estimate of drug-likeness (QED) is 0.0192. The molecule has 0 bridgehead atoms. The lowest BCUT2D eigenvalue weighted by molar-refractivity contribution is -0.869. The van der Waals surface area contributed by atoms with Crippen molar-refractivity contribution in [2.45, 2.75) is 230 Å². The fourth-order valence-electron chi connectivity index (χ4n) is 19.4. The summed E-state index contributed by atoms with van der Waals surface area (Å²) in [6, 6.07) is 2.80. The molecular formula is C94H146F2N11O23+. The van der Waals surface area contributed by atoms with E-state index in [9.17, 15) is 48.3 Å². The lowest BCUT2D eigenvalue weighted by Crippen LogP contribution is -2.71. The molecule has 7 amide bonds. The smallest absolute Gasteiger partial charge is 0.407 e. The van der Waals surface area contributed by atoms with E-state index in [2.05, 4.69) is 81.2 Å². The van der Waals surface area contributed by atoms with Crippen molar-refractivity contribution in [2.24, 2.45) is 46.3 Å². The molecule has 7 aliphatic carbocycles. The Morgan fingerprint density at radius 2 is 1.32 bits per heavy atom. The Morgan fingerprint density at radius 3 is 1.96 bits per heavy atom. The average Bonchev–Trinajstić information content (AvgIpc) is 1.47. The number of hydrogen-bond acceptors (Lipinski definition) is 26. The molecule has 2 heterocycles. The first-order chi connectivity index (χ1) is 62.5. The summed E-state index contributed by atoms with van der Waals surface area (Å²) in [6.07, 6.45) is 9.08. The first-order valence-electron chi connectivity index (χ1n) is 47.2. The van der Waals surface area contributed by atoms with Gasteiger partial charge in [0.15, 0.2) is 23.3 Å². The van der Waals surface area contributed by atoms with Crippen LogP contribution in [0.5, 0.6) is 5.75 Å². The van der Waals surface area contributed by atoms with Crippen LogP contribution in [0.3, 0.4) is 0 Å². The van der Waals surface area contributed by atoms with Gasteiger partial charge in [-0.1, -0.05) is 65.9 Å². The van der Waals surface area contributed by atoms with E-state index in [-0.39, 0.29) is 94.4 Å². The molecule has 36 heteroatoms. The number of anilines is 1. The number of aliphatic hydroxyl groups excluding tert-OH is 1. The first-order valence-corrected chi connectivity index (χ1v) is 47.2. The van der Waals surface area contributed by atoms with Crippen LogP contribution in [0, 0.1) is 58.2 Å². The summed E-state index contributed by atoms with van der Waals surface area (Å²) in [7, 11) is 6.23. The monoisotopic (exact) mass is 1840 g/mol. The van der Waals surface area contributed by atoms with Crippen molar-refractivity contribution in [3.05, 3.63) is 59.5 Å². The molecule has 1 saturated heterocycles. The number of hydrazine groups is 2. The highest BCUT2D eigenvalue weighted by Gasteiger charge is 2.80. The number of fused-ring (bicyclic) bond motifs is 8. The number of hydrogen-bond donors (Lipinski definition) is 10. The molecule has 4 saturated carbocycles. The third kappa shape index (κ3) is 29.3. The zero-order valence-electron chi connectivity index (χ0n) is 77.8. The van der Waals surface area contributed by atoms with Gasteiger partial charge in [-0.15, -0.1) is 17.4 Å². The van der Waals surface area contributed by atoms with Crippen molar-refractivity contribution in [3.63, 3.8) is 0 Å². The van der Waals surface area contributed by atoms with Crippen molar-refractivity contribution < 1.29 is 123 Å². The van der Waals surface area contributed by atoms with E-state index in [0.717, 1.165) is 86.3 Å². The third-order valence-corrected chi connectivity index (χ3v) is 26.6. The minimum atomic E-state index is -2.37.